The van der Waals surface area contributed by atoms with E-state index in [1.807, 2.05) is 41.2 Å². The van der Waals surface area contributed by atoms with E-state index in [-0.39, 0.29) is 24.2 Å². The van der Waals surface area contributed by atoms with Crippen LogP contribution in [0.4, 0.5) is 4.39 Å². The molecular weight excluding hydrogens is 441 g/mol. The largest absolute Gasteiger partial charge is 0.270 e. The minimum atomic E-state index is -0.265. The maximum atomic E-state index is 13.4. The highest BCUT2D eigenvalue weighted by molar-refractivity contribution is 6.21. The van der Waals surface area contributed by atoms with E-state index in [4.69, 9.17) is 0 Å². The SMILES string of the molecule is O=C1c2ccccc2C(=O)N1CC=C1CCCc2cnn(-c3cccc(-c4ccc(F)cc4)c3)c21. The average Bonchev–Trinajstić information content (AvgIpc) is 3.43. The van der Waals surface area contributed by atoms with Crippen LogP contribution < -0.4 is 0 Å². The van der Waals surface area contributed by atoms with E-state index in [0.717, 1.165) is 52.9 Å². The van der Waals surface area contributed by atoms with Crippen molar-refractivity contribution in [3.63, 3.8) is 0 Å². The molecule has 0 N–H and O–H groups in total. The van der Waals surface area contributed by atoms with Crippen LogP contribution in [0.1, 0.15) is 44.8 Å². The molecule has 3 aromatic carbocycles. The van der Waals surface area contributed by atoms with E-state index < -0.39 is 0 Å². The number of hydrogen-bond donors (Lipinski definition) is 0. The molecule has 0 saturated carbocycles. The first kappa shape index (κ1) is 21.2. The van der Waals surface area contributed by atoms with Crippen LogP contribution in [-0.4, -0.2) is 33.0 Å². The van der Waals surface area contributed by atoms with Crippen LogP contribution in [0.2, 0.25) is 0 Å². The molecule has 4 aromatic rings. The van der Waals surface area contributed by atoms with Crippen molar-refractivity contribution in [1.29, 1.82) is 0 Å². The van der Waals surface area contributed by atoms with Gasteiger partial charge in [-0.2, -0.15) is 5.10 Å². The van der Waals surface area contributed by atoms with Gasteiger partial charge in [-0.3, -0.25) is 14.5 Å². The van der Waals surface area contributed by atoms with Crippen molar-refractivity contribution in [3.8, 4) is 16.8 Å². The summed E-state index contributed by atoms with van der Waals surface area (Å²) in [6, 6.07) is 21.4. The van der Waals surface area contributed by atoms with Gasteiger partial charge < -0.3 is 0 Å². The van der Waals surface area contributed by atoms with E-state index >= 15 is 0 Å². The molecule has 0 bridgehead atoms. The van der Waals surface area contributed by atoms with Gasteiger partial charge in [0.1, 0.15) is 5.82 Å². The molecular formula is C29H22FN3O2. The van der Waals surface area contributed by atoms with Gasteiger partial charge in [-0.1, -0.05) is 42.5 Å². The van der Waals surface area contributed by atoms with Crippen molar-refractivity contribution in [3.05, 3.63) is 113 Å². The predicted molar refractivity (Wildman–Crippen MR) is 132 cm³/mol. The quantitative estimate of drug-likeness (QED) is 0.365. The van der Waals surface area contributed by atoms with Crippen LogP contribution in [0, 0.1) is 5.82 Å². The number of carbonyl (C=O) groups is 2. The number of halogens is 1. The second-order valence-corrected chi connectivity index (χ2v) is 8.84. The van der Waals surface area contributed by atoms with E-state index in [1.165, 1.54) is 17.0 Å². The smallest absolute Gasteiger partial charge is 0.261 e. The van der Waals surface area contributed by atoms with Crippen LogP contribution in [0.5, 0.6) is 0 Å². The fourth-order valence-electron chi connectivity index (χ4n) is 4.96. The minimum Gasteiger partial charge on any atom is -0.270 e. The number of amides is 2. The highest BCUT2D eigenvalue weighted by Crippen LogP contribution is 2.34. The molecule has 0 radical (unpaired) electrons. The van der Waals surface area contributed by atoms with Gasteiger partial charge in [-0.05, 0) is 77.9 Å². The summed E-state index contributed by atoms with van der Waals surface area (Å²) in [4.78, 5) is 26.9. The number of nitrogens with zero attached hydrogens (tertiary/aromatic N) is 3. The van der Waals surface area contributed by atoms with E-state index in [9.17, 15) is 14.0 Å². The molecule has 172 valence electrons. The lowest BCUT2D eigenvalue weighted by atomic mass is 9.92. The fraction of sp³-hybridized carbons (Fsp3) is 0.138. The molecule has 0 fully saturated rings. The van der Waals surface area contributed by atoms with Gasteiger partial charge in [0.05, 0.1) is 28.7 Å². The molecule has 6 heteroatoms. The lowest BCUT2D eigenvalue weighted by molar-refractivity contribution is 0.0672. The Labute approximate surface area is 202 Å². The Bertz CT molecular complexity index is 1470. The molecule has 6 rings (SSSR count). The van der Waals surface area contributed by atoms with Gasteiger partial charge >= 0.3 is 0 Å². The Morgan fingerprint density at radius 1 is 0.857 bits per heavy atom. The number of rotatable bonds is 4. The summed E-state index contributed by atoms with van der Waals surface area (Å²) in [6.45, 7) is 0.224. The standard InChI is InChI=1S/C29H22FN3O2/c30-23-13-11-19(12-14-23)21-6-4-8-24(17-21)33-27-20(5-3-7-22(27)18-31-33)15-16-32-28(34)25-9-1-2-10-26(25)29(32)35/h1-2,4,6,8-15,17-18H,3,5,7,16H2. The highest BCUT2D eigenvalue weighted by Gasteiger charge is 2.34. The summed E-state index contributed by atoms with van der Waals surface area (Å²) in [5, 5.41) is 4.68. The van der Waals surface area contributed by atoms with Crippen LogP contribution >= 0.6 is 0 Å². The first-order valence-electron chi connectivity index (χ1n) is 11.7. The first-order chi connectivity index (χ1) is 17.1. The molecule has 1 aromatic heterocycles. The molecule has 2 amide bonds. The molecule has 0 unspecified atom stereocenters. The van der Waals surface area contributed by atoms with Crippen LogP contribution in [0.25, 0.3) is 22.4 Å². The molecule has 1 aliphatic heterocycles. The van der Waals surface area contributed by atoms with Gasteiger partial charge in [0.2, 0.25) is 0 Å². The Morgan fingerprint density at radius 3 is 2.34 bits per heavy atom. The maximum absolute atomic E-state index is 13.4. The first-order valence-corrected chi connectivity index (χ1v) is 11.7. The molecule has 35 heavy (non-hydrogen) atoms. The third-order valence-corrected chi connectivity index (χ3v) is 6.71. The second kappa shape index (κ2) is 8.47. The van der Waals surface area contributed by atoms with Gasteiger partial charge in [0.15, 0.2) is 0 Å². The van der Waals surface area contributed by atoms with Gasteiger partial charge in [-0.15, -0.1) is 0 Å². The second-order valence-electron chi connectivity index (χ2n) is 8.84. The van der Waals surface area contributed by atoms with Crippen molar-refractivity contribution in [2.45, 2.75) is 19.3 Å². The number of carbonyl (C=O) groups excluding carboxylic acids is 2. The van der Waals surface area contributed by atoms with Crippen LogP contribution in [0.3, 0.4) is 0 Å². The number of imide groups is 1. The Morgan fingerprint density at radius 2 is 1.60 bits per heavy atom. The Kier molecular flexibility index (Phi) is 5.14. The van der Waals surface area contributed by atoms with Crippen molar-refractivity contribution < 1.29 is 14.0 Å². The number of hydrogen-bond acceptors (Lipinski definition) is 3. The highest BCUT2D eigenvalue weighted by atomic mass is 19.1. The van der Waals surface area contributed by atoms with Gasteiger partial charge in [0, 0.05) is 6.54 Å². The van der Waals surface area contributed by atoms with Crippen LogP contribution in [0.15, 0.2) is 85.1 Å². The zero-order valence-electron chi connectivity index (χ0n) is 18.9. The predicted octanol–water partition coefficient (Wildman–Crippen LogP) is 5.69. The average molecular weight is 464 g/mol. The van der Waals surface area contributed by atoms with E-state index in [2.05, 4.69) is 5.10 Å². The van der Waals surface area contributed by atoms with Crippen LogP contribution in [-0.2, 0) is 6.42 Å². The number of aromatic nitrogens is 2. The molecule has 0 spiro atoms. The summed E-state index contributed by atoms with van der Waals surface area (Å²) in [5.41, 5.74) is 6.97. The topological polar surface area (TPSA) is 55.2 Å². The molecule has 2 heterocycles. The summed E-state index contributed by atoms with van der Waals surface area (Å²) in [7, 11) is 0. The Balaban J connectivity index is 1.33. The number of allylic oxidation sites excluding steroid dienone is 1. The minimum absolute atomic E-state index is 0.224. The van der Waals surface area contributed by atoms with Gasteiger partial charge in [0.25, 0.3) is 11.8 Å². The third kappa shape index (κ3) is 3.67. The summed E-state index contributed by atoms with van der Waals surface area (Å²) >= 11 is 0. The molecule has 0 atom stereocenters. The lowest BCUT2D eigenvalue weighted by Crippen LogP contribution is -2.30. The third-order valence-electron chi connectivity index (χ3n) is 6.71. The zero-order chi connectivity index (χ0) is 23.9. The van der Waals surface area contributed by atoms with Crippen molar-refractivity contribution >= 4 is 17.4 Å². The Hall–Kier alpha value is -4.32. The van der Waals surface area contributed by atoms with Crippen molar-refractivity contribution in [2.24, 2.45) is 0 Å². The van der Waals surface area contributed by atoms with Crippen molar-refractivity contribution in [1.82, 2.24) is 14.7 Å². The van der Waals surface area contributed by atoms with E-state index in [1.54, 1.807) is 36.4 Å². The molecule has 1 aliphatic carbocycles. The summed E-state index contributed by atoms with van der Waals surface area (Å²) in [5.74, 6) is -0.767. The monoisotopic (exact) mass is 463 g/mol. The zero-order valence-corrected chi connectivity index (χ0v) is 18.9. The summed E-state index contributed by atoms with van der Waals surface area (Å²) < 4.78 is 15.3. The molecule has 5 nitrogen and oxygen atoms in total. The number of fused-ring (bicyclic) bond motifs is 2. The summed E-state index contributed by atoms with van der Waals surface area (Å²) in [6.07, 6.45) is 6.65. The van der Waals surface area contributed by atoms with Crippen molar-refractivity contribution in [2.75, 3.05) is 6.54 Å². The molecule has 0 saturated heterocycles. The number of benzene rings is 3. The lowest BCUT2D eigenvalue weighted by Gasteiger charge is -2.20. The number of aryl methyl sites for hydroxylation is 1. The fourth-order valence-corrected chi connectivity index (χ4v) is 4.96. The van der Waals surface area contributed by atoms with E-state index in [0.29, 0.717) is 11.1 Å². The maximum Gasteiger partial charge on any atom is 0.261 e. The molecule has 2 aliphatic rings. The van der Waals surface area contributed by atoms with Gasteiger partial charge in [-0.25, -0.2) is 9.07 Å². The normalized spacial score (nSPS) is 16.0.